The van der Waals surface area contributed by atoms with Crippen molar-refractivity contribution in [3.05, 3.63) is 64.9 Å². The molecule has 6 nitrogen and oxygen atoms in total. The molecule has 3 aromatic rings. The molecule has 0 unspecified atom stereocenters. The Morgan fingerprint density at radius 3 is 2.91 bits per heavy atom. The van der Waals surface area contributed by atoms with Gasteiger partial charge in [0.2, 0.25) is 0 Å². The van der Waals surface area contributed by atoms with Crippen LogP contribution in [0.4, 0.5) is 0 Å². The summed E-state index contributed by atoms with van der Waals surface area (Å²) < 4.78 is 13.8. The van der Waals surface area contributed by atoms with E-state index >= 15 is 0 Å². The van der Waals surface area contributed by atoms with E-state index in [9.17, 15) is 0 Å². The summed E-state index contributed by atoms with van der Waals surface area (Å²) in [5, 5.41) is 2.66. The van der Waals surface area contributed by atoms with Crippen LogP contribution in [0.2, 0.25) is 0 Å². The van der Waals surface area contributed by atoms with E-state index in [-0.39, 0.29) is 0 Å². The Balaban J connectivity index is 1.30. The minimum atomic E-state index is 0.749. The molecule has 0 bridgehead atoms. The fraction of sp³-hybridized carbons (Fsp3) is 0.423. The highest BCUT2D eigenvalue weighted by atomic mass is 16.5. The Hall–Kier alpha value is -2.83. The summed E-state index contributed by atoms with van der Waals surface area (Å²) in [7, 11) is 0. The van der Waals surface area contributed by atoms with Gasteiger partial charge in [-0.1, -0.05) is 12.1 Å². The number of imidazole rings is 1. The van der Waals surface area contributed by atoms with Gasteiger partial charge in [-0.3, -0.25) is 9.30 Å². The molecule has 0 saturated carbocycles. The molecule has 0 radical (unpaired) electrons. The van der Waals surface area contributed by atoms with Crippen molar-refractivity contribution in [3.8, 4) is 5.75 Å². The first-order valence-electron chi connectivity index (χ1n) is 11.8. The maximum atomic E-state index is 6.19. The molecule has 0 N–H and O–H groups in total. The van der Waals surface area contributed by atoms with Crippen LogP contribution in [-0.2, 0) is 4.74 Å². The van der Waals surface area contributed by atoms with Gasteiger partial charge < -0.3 is 14.4 Å². The van der Waals surface area contributed by atoms with E-state index < -0.39 is 0 Å². The number of rotatable bonds is 6. The number of fused-ring (bicyclic) bond motifs is 3. The number of ether oxygens (including phenoxy) is 2. The number of morpholine rings is 1. The molecule has 6 rings (SSSR count). The molecule has 3 aliphatic rings. The Morgan fingerprint density at radius 2 is 1.97 bits per heavy atom. The Bertz CT molecular complexity index is 1240. The van der Waals surface area contributed by atoms with E-state index in [0.29, 0.717) is 0 Å². The van der Waals surface area contributed by atoms with Crippen molar-refractivity contribution in [1.29, 1.82) is 0 Å². The number of nitrogens with zero attached hydrogens (tertiary/aromatic N) is 4. The molecule has 3 aliphatic heterocycles. The van der Waals surface area contributed by atoms with Crippen LogP contribution in [0.1, 0.15) is 25.0 Å². The maximum absolute atomic E-state index is 6.19. The minimum absolute atomic E-state index is 0.749. The van der Waals surface area contributed by atoms with Gasteiger partial charge >= 0.3 is 0 Å². The van der Waals surface area contributed by atoms with Crippen LogP contribution in [0.5, 0.6) is 5.75 Å². The molecule has 0 amide bonds. The smallest absolute Gasteiger partial charge is 0.137 e. The second kappa shape index (κ2) is 8.60. The topological polar surface area (TPSA) is 42.2 Å². The molecule has 6 heteroatoms. The molecular formula is C26H30N4O2. The van der Waals surface area contributed by atoms with Gasteiger partial charge in [0.25, 0.3) is 0 Å². The molecule has 166 valence electrons. The maximum Gasteiger partial charge on any atom is 0.137 e. The first kappa shape index (κ1) is 19.8. The van der Waals surface area contributed by atoms with Gasteiger partial charge in [0, 0.05) is 55.4 Å². The predicted molar refractivity (Wildman–Crippen MR) is 125 cm³/mol. The van der Waals surface area contributed by atoms with Crippen LogP contribution >= 0.6 is 0 Å². The summed E-state index contributed by atoms with van der Waals surface area (Å²) in [6.45, 7) is 7.68. The van der Waals surface area contributed by atoms with Gasteiger partial charge in [0.1, 0.15) is 11.4 Å². The van der Waals surface area contributed by atoms with E-state index in [1.54, 1.807) is 0 Å². The summed E-state index contributed by atoms with van der Waals surface area (Å²) in [6.07, 6.45) is 7.54. The molecule has 2 aromatic heterocycles. The van der Waals surface area contributed by atoms with E-state index in [4.69, 9.17) is 9.47 Å². The van der Waals surface area contributed by atoms with Gasteiger partial charge in [-0.2, -0.15) is 0 Å². The van der Waals surface area contributed by atoms with Crippen molar-refractivity contribution >= 4 is 16.9 Å². The van der Waals surface area contributed by atoms with Crippen LogP contribution in [0.25, 0.3) is 16.9 Å². The van der Waals surface area contributed by atoms with Gasteiger partial charge in [-0.25, -0.2) is 4.98 Å². The zero-order valence-electron chi connectivity index (χ0n) is 18.5. The number of benzene rings is 1. The first-order valence-corrected chi connectivity index (χ1v) is 11.8. The van der Waals surface area contributed by atoms with Gasteiger partial charge in [-0.05, 0) is 48.7 Å². The fourth-order valence-corrected chi connectivity index (χ4v) is 5.28. The second-order valence-corrected chi connectivity index (χ2v) is 8.89. The summed E-state index contributed by atoms with van der Waals surface area (Å²) in [6, 6.07) is 12.8. The zero-order chi connectivity index (χ0) is 21.3. The lowest BCUT2D eigenvalue weighted by Gasteiger charge is -2.27. The highest BCUT2D eigenvalue weighted by molar-refractivity contribution is 5.71. The van der Waals surface area contributed by atoms with Crippen molar-refractivity contribution in [2.45, 2.75) is 19.3 Å². The summed E-state index contributed by atoms with van der Waals surface area (Å²) in [5.41, 5.74) is 5.00. The van der Waals surface area contributed by atoms with E-state index in [1.807, 2.05) is 12.3 Å². The third-order valence-electron chi connectivity index (χ3n) is 6.92. The molecular weight excluding hydrogens is 400 g/mol. The van der Waals surface area contributed by atoms with Crippen molar-refractivity contribution in [2.75, 3.05) is 52.5 Å². The number of hydrogen-bond donors (Lipinski definition) is 0. The van der Waals surface area contributed by atoms with Crippen molar-refractivity contribution in [3.63, 3.8) is 0 Å². The average molecular weight is 431 g/mol. The number of hydrogen-bond acceptors (Lipinski definition) is 5. The second-order valence-electron chi connectivity index (χ2n) is 8.89. The van der Waals surface area contributed by atoms with E-state index in [1.165, 1.54) is 33.8 Å². The SMILES string of the molecule is c1ccn2c(C3=c4ccc(OCCCN5CCOCC5)cc4=C4CCCN4C3)cnc2c1. The lowest BCUT2D eigenvalue weighted by Crippen LogP contribution is -2.41. The van der Waals surface area contributed by atoms with Crippen molar-refractivity contribution in [1.82, 2.24) is 19.2 Å². The van der Waals surface area contributed by atoms with E-state index in [2.05, 4.69) is 55.7 Å². The normalized spacial score (nSPS) is 18.8. The quantitative estimate of drug-likeness (QED) is 0.559. The van der Waals surface area contributed by atoms with Crippen LogP contribution in [0.3, 0.4) is 0 Å². The molecule has 2 fully saturated rings. The molecule has 1 aromatic carbocycles. The molecule has 32 heavy (non-hydrogen) atoms. The highest BCUT2D eigenvalue weighted by Gasteiger charge is 2.25. The Kier molecular flexibility index (Phi) is 5.33. The van der Waals surface area contributed by atoms with E-state index in [0.717, 1.165) is 76.8 Å². The zero-order valence-corrected chi connectivity index (χ0v) is 18.5. The highest BCUT2D eigenvalue weighted by Crippen LogP contribution is 2.27. The predicted octanol–water partition coefficient (Wildman–Crippen LogP) is 1.85. The van der Waals surface area contributed by atoms with Crippen LogP contribution < -0.4 is 15.2 Å². The van der Waals surface area contributed by atoms with Crippen LogP contribution in [0, 0.1) is 0 Å². The monoisotopic (exact) mass is 430 g/mol. The number of pyridine rings is 1. The molecule has 2 saturated heterocycles. The largest absolute Gasteiger partial charge is 0.494 e. The summed E-state index contributed by atoms with van der Waals surface area (Å²) in [5.74, 6) is 0.976. The standard InChI is InChI=1S/C26H30N4O2/c1-2-11-30-25(18-27-26(30)6-1)23-19-29-10-3-5-24(29)22-17-20(7-8-21(22)23)32-14-4-9-28-12-15-31-16-13-28/h1-2,6-8,11,17-18H,3-5,9-10,12-16,19H2. The Labute approximate surface area is 188 Å². The first-order chi connectivity index (χ1) is 15.9. The van der Waals surface area contributed by atoms with Crippen LogP contribution in [0.15, 0.2) is 48.8 Å². The van der Waals surface area contributed by atoms with Crippen molar-refractivity contribution in [2.24, 2.45) is 0 Å². The lowest BCUT2D eigenvalue weighted by atomic mass is 10.0. The van der Waals surface area contributed by atoms with Crippen LogP contribution in [-0.4, -0.2) is 71.7 Å². The summed E-state index contributed by atoms with van der Waals surface area (Å²) in [4.78, 5) is 9.64. The Morgan fingerprint density at radius 1 is 1.03 bits per heavy atom. The van der Waals surface area contributed by atoms with Gasteiger partial charge in [0.05, 0.1) is 31.7 Å². The van der Waals surface area contributed by atoms with Crippen molar-refractivity contribution < 1.29 is 9.47 Å². The van der Waals surface area contributed by atoms with Gasteiger partial charge in [0.15, 0.2) is 0 Å². The fourth-order valence-electron chi connectivity index (χ4n) is 5.28. The summed E-state index contributed by atoms with van der Waals surface area (Å²) >= 11 is 0. The lowest BCUT2D eigenvalue weighted by molar-refractivity contribution is 0.0358. The average Bonchev–Trinajstić information content (AvgIpc) is 3.49. The molecule has 0 aliphatic carbocycles. The number of aromatic nitrogens is 2. The molecule has 0 atom stereocenters. The third-order valence-corrected chi connectivity index (χ3v) is 6.92. The molecule has 5 heterocycles. The van der Waals surface area contributed by atoms with Gasteiger partial charge in [-0.15, -0.1) is 0 Å². The minimum Gasteiger partial charge on any atom is -0.494 e. The molecule has 0 spiro atoms. The third kappa shape index (κ3) is 3.67.